The van der Waals surface area contributed by atoms with E-state index in [2.05, 4.69) is 15.2 Å². The maximum atomic E-state index is 15.9. The van der Waals surface area contributed by atoms with Gasteiger partial charge in [-0.3, -0.25) is 9.59 Å². The normalized spacial score (nSPS) is 16.6. The van der Waals surface area contributed by atoms with Gasteiger partial charge >= 0.3 is 0 Å². The van der Waals surface area contributed by atoms with Crippen molar-refractivity contribution in [3.8, 4) is 10.4 Å². The molecule has 0 aliphatic carbocycles. The molecule has 3 aliphatic rings. The van der Waals surface area contributed by atoms with Crippen molar-refractivity contribution >= 4 is 46.0 Å². The van der Waals surface area contributed by atoms with Gasteiger partial charge in [0.15, 0.2) is 23.7 Å². The summed E-state index contributed by atoms with van der Waals surface area (Å²) in [4.78, 5) is 34.9. The number of pyridine rings is 1. The number of nitrogens with zero attached hydrogens (tertiary/aromatic N) is 3. The number of aromatic nitrogens is 1. The van der Waals surface area contributed by atoms with Crippen LogP contribution in [0.5, 0.6) is 0 Å². The highest BCUT2D eigenvalue weighted by Crippen LogP contribution is 2.46. The summed E-state index contributed by atoms with van der Waals surface area (Å²) in [5, 5.41) is 16.6. The van der Waals surface area contributed by atoms with Crippen LogP contribution >= 0.6 is 11.3 Å². The summed E-state index contributed by atoms with van der Waals surface area (Å²) in [5.41, 5.74) is 2.21. The molecular weight excluding hydrogens is 711 g/mol. The lowest BCUT2D eigenvalue weighted by Crippen LogP contribution is -2.59. The van der Waals surface area contributed by atoms with E-state index < -0.39 is 41.1 Å². The molecule has 5 heterocycles. The minimum atomic E-state index is -1.33. The fourth-order valence-electron chi connectivity index (χ4n) is 7.36. The highest BCUT2D eigenvalue weighted by atomic mass is 32.1. The van der Waals surface area contributed by atoms with Gasteiger partial charge in [0.1, 0.15) is 22.2 Å². The van der Waals surface area contributed by atoms with Crippen LogP contribution in [-0.2, 0) is 11.2 Å². The predicted octanol–water partition coefficient (Wildman–Crippen LogP) is 7.54. The van der Waals surface area contributed by atoms with Gasteiger partial charge in [-0.2, -0.15) is 0 Å². The molecule has 3 aromatic carbocycles. The molecule has 0 bridgehead atoms. The van der Waals surface area contributed by atoms with E-state index >= 15 is 4.39 Å². The van der Waals surface area contributed by atoms with E-state index in [4.69, 9.17) is 4.74 Å². The van der Waals surface area contributed by atoms with Gasteiger partial charge in [-0.1, -0.05) is 30.3 Å². The number of hydrogen-bond acceptors (Lipinski definition) is 8. The van der Waals surface area contributed by atoms with Crippen LogP contribution in [0.4, 0.5) is 40.4 Å². The topological polar surface area (TPSA) is 107 Å². The smallest absolute Gasteiger partial charge is 0.268 e. The van der Waals surface area contributed by atoms with Crippen molar-refractivity contribution in [1.82, 2.24) is 4.98 Å². The number of carbonyl (C=O) groups excluding carboxylic acids is 2. The van der Waals surface area contributed by atoms with Crippen molar-refractivity contribution < 1.29 is 37.0 Å². The molecule has 2 amide bonds. The monoisotopic (exact) mass is 743 g/mol. The van der Waals surface area contributed by atoms with Crippen molar-refractivity contribution in [2.24, 2.45) is 5.41 Å². The van der Waals surface area contributed by atoms with Crippen LogP contribution in [0.1, 0.15) is 50.2 Å². The number of para-hydroxylation sites is 1. The average Bonchev–Trinajstić information content (AvgIpc) is 3.38. The molecule has 14 heteroatoms. The van der Waals surface area contributed by atoms with Crippen molar-refractivity contribution in [2.45, 2.75) is 25.5 Å². The molecule has 1 spiro atoms. The summed E-state index contributed by atoms with van der Waals surface area (Å²) in [7, 11) is 0. The Bertz CT molecular complexity index is 2200. The Labute approximate surface area is 305 Å². The minimum Gasteiger partial charge on any atom is -0.381 e. The molecule has 1 unspecified atom stereocenters. The summed E-state index contributed by atoms with van der Waals surface area (Å²) in [6.07, 6.45) is 2.62. The number of anilines is 4. The molecular formula is C39H33F4N5O4S. The second-order valence-corrected chi connectivity index (χ2v) is 14.5. The first kappa shape index (κ1) is 34.8. The Morgan fingerprint density at radius 2 is 1.62 bits per heavy atom. The molecule has 0 saturated carbocycles. The van der Waals surface area contributed by atoms with Gasteiger partial charge in [-0.05, 0) is 49.6 Å². The molecule has 0 radical (unpaired) electrons. The van der Waals surface area contributed by atoms with Crippen LogP contribution in [0.2, 0.25) is 0 Å². The number of benzene rings is 3. The van der Waals surface area contributed by atoms with Crippen molar-refractivity contribution in [2.75, 3.05) is 53.3 Å². The van der Waals surface area contributed by atoms with E-state index in [1.54, 1.807) is 71.8 Å². The van der Waals surface area contributed by atoms with Crippen LogP contribution < -0.4 is 20.4 Å². The number of hydrogen-bond donors (Lipinski definition) is 3. The molecule has 53 heavy (non-hydrogen) atoms. The summed E-state index contributed by atoms with van der Waals surface area (Å²) >= 11 is 0.822. The zero-order valence-corrected chi connectivity index (χ0v) is 29.0. The second kappa shape index (κ2) is 13.9. The van der Waals surface area contributed by atoms with Crippen LogP contribution in [-0.4, -0.2) is 54.8 Å². The van der Waals surface area contributed by atoms with E-state index in [0.29, 0.717) is 50.9 Å². The van der Waals surface area contributed by atoms with E-state index in [9.17, 15) is 27.9 Å². The SMILES string of the molecule is O=C(Nc1ccc(C(O)N2CCc3c(sc(C(=O)Nc4c(F)cc(F)cc4F)c3F)-c3ccccc32)cc1)c1cccnc1N1CC2(CCOCC2)C1. The molecule has 3 aliphatic heterocycles. The Morgan fingerprint density at radius 1 is 0.906 bits per heavy atom. The molecule has 8 rings (SSSR count). The predicted molar refractivity (Wildman–Crippen MR) is 193 cm³/mol. The van der Waals surface area contributed by atoms with Crippen molar-refractivity contribution in [1.29, 1.82) is 0 Å². The Balaban J connectivity index is 0.981. The van der Waals surface area contributed by atoms with E-state index in [1.807, 2.05) is 5.32 Å². The highest BCUT2D eigenvalue weighted by Gasteiger charge is 2.45. The first-order valence-electron chi connectivity index (χ1n) is 17.1. The number of thiophene rings is 1. The number of rotatable bonds is 7. The molecule has 272 valence electrons. The minimum absolute atomic E-state index is 0.101. The van der Waals surface area contributed by atoms with E-state index in [-0.39, 0.29) is 34.7 Å². The third-order valence-electron chi connectivity index (χ3n) is 10.2. The number of halogens is 4. The molecule has 2 saturated heterocycles. The molecule has 1 atom stereocenters. The zero-order chi connectivity index (χ0) is 36.9. The van der Waals surface area contributed by atoms with Crippen LogP contribution in [0, 0.1) is 28.7 Å². The number of aliphatic hydroxyl groups excluding tert-OH is 1. The second-order valence-electron chi connectivity index (χ2n) is 13.5. The lowest BCUT2D eigenvalue weighted by molar-refractivity contribution is -0.000509. The zero-order valence-electron chi connectivity index (χ0n) is 28.2. The highest BCUT2D eigenvalue weighted by molar-refractivity contribution is 7.17. The number of nitrogens with one attached hydrogen (secondary N) is 2. The summed E-state index contributed by atoms with van der Waals surface area (Å²) in [6, 6.07) is 18.2. The Kier molecular flexibility index (Phi) is 9.13. The fourth-order valence-corrected chi connectivity index (χ4v) is 8.52. The lowest BCUT2D eigenvalue weighted by Gasteiger charge is -2.53. The molecule has 2 fully saturated rings. The van der Waals surface area contributed by atoms with Crippen LogP contribution in [0.3, 0.4) is 0 Å². The Morgan fingerprint density at radius 3 is 2.36 bits per heavy atom. The van der Waals surface area contributed by atoms with Gasteiger partial charge < -0.3 is 30.3 Å². The number of fused-ring (bicyclic) bond motifs is 3. The summed E-state index contributed by atoms with van der Waals surface area (Å²) in [5.74, 6) is -5.38. The molecule has 5 aromatic rings. The number of aliphatic hydroxyl groups is 1. The molecule has 2 aromatic heterocycles. The third kappa shape index (κ3) is 6.51. The third-order valence-corrected chi connectivity index (χ3v) is 11.4. The maximum absolute atomic E-state index is 15.9. The standard InChI is InChI=1S/C39H33F4N5O4S/c40-23-18-28(41)32(29(42)19-23)46-37(50)34-31(43)26-11-15-48(30-6-2-1-4-25(30)33(26)53-34)38(51)22-7-9-24(10-8-22)45-36(49)27-5-3-14-44-35(27)47-20-39(21-47)12-16-52-17-13-39/h1-10,14,18-19,38,51H,11-13,15-17,20-21H2,(H,45,49)(H,46,50). The number of carbonyl (C=O) groups is 2. The average molecular weight is 744 g/mol. The first-order chi connectivity index (χ1) is 25.6. The molecule has 3 N–H and O–H groups in total. The molecule has 9 nitrogen and oxygen atoms in total. The summed E-state index contributed by atoms with van der Waals surface area (Å²) in [6.45, 7) is 3.33. The van der Waals surface area contributed by atoms with Crippen LogP contribution in [0.25, 0.3) is 10.4 Å². The quantitative estimate of drug-likeness (QED) is 0.148. The van der Waals surface area contributed by atoms with Crippen LogP contribution in [0.15, 0.2) is 79.0 Å². The van der Waals surface area contributed by atoms with Crippen molar-refractivity contribution in [3.63, 3.8) is 0 Å². The fraction of sp³-hybridized carbons (Fsp3) is 0.256. The Hall–Kier alpha value is -5.31. The van der Waals surface area contributed by atoms with Gasteiger partial charge in [0, 0.05) is 89.5 Å². The number of ether oxygens (including phenoxy) is 1. The van der Waals surface area contributed by atoms with Crippen molar-refractivity contribution in [3.05, 3.63) is 124 Å². The largest absolute Gasteiger partial charge is 0.381 e. The van der Waals surface area contributed by atoms with E-state index in [1.165, 1.54) is 0 Å². The lowest BCUT2D eigenvalue weighted by atomic mass is 9.73. The van der Waals surface area contributed by atoms with Gasteiger partial charge in [0.05, 0.1) is 5.56 Å². The maximum Gasteiger partial charge on any atom is 0.268 e. The van der Waals surface area contributed by atoms with Gasteiger partial charge in [-0.25, -0.2) is 22.5 Å². The first-order valence-corrected chi connectivity index (χ1v) is 17.9. The van der Waals surface area contributed by atoms with E-state index in [0.717, 1.165) is 50.5 Å². The van der Waals surface area contributed by atoms with Gasteiger partial charge in [-0.15, -0.1) is 11.3 Å². The van der Waals surface area contributed by atoms with Gasteiger partial charge in [0.25, 0.3) is 11.8 Å². The van der Waals surface area contributed by atoms with Gasteiger partial charge in [0.2, 0.25) is 0 Å². The summed E-state index contributed by atoms with van der Waals surface area (Å²) < 4.78 is 63.3. The number of amides is 2.